The molecule has 2 aromatic heterocycles. The van der Waals surface area contributed by atoms with E-state index in [1.54, 1.807) is 12.4 Å². The van der Waals surface area contributed by atoms with Gasteiger partial charge in [0.25, 0.3) is 5.91 Å². The molecule has 6 nitrogen and oxygen atoms in total. The number of hydrogen-bond donors (Lipinski definition) is 3. The van der Waals surface area contributed by atoms with Gasteiger partial charge in [0.15, 0.2) is 0 Å². The highest BCUT2D eigenvalue weighted by Gasteiger charge is 2.24. The zero-order valence-electron chi connectivity index (χ0n) is 20.1. The molecule has 1 atom stereocenters. The molecule has 1 amide bonds. The number of rotatable bonds is 7. The van der Waals surface area contributed by atoms with Gasteiger partial charge in [0, 0.05) is 51.7 Å². The van der Waals surface area contributed by atoms with E-state index in [4.69, 9.17) is 10.5 Å². The van der Waals surface area contributed by atoms with E-state index in [1.165, 1.54) is 10.9 Å². The lowest BCUT2D eigenvalue weighted by atomic mass is 9.99. The second kappa shape index (κ2) is 9.76. The Balaban J connectivity index is 1.18. The highest BCUT2D eigenvalue weighted by Crippen LogP contribution is 2.36. The Morgan fingerprint density at radius 1 is 0.946 bits per heavy atom. The summed E-state index contributed by atoms with van der Waals surface area (Å²) in [6.45, 7) is 0.372. The van der Waals surface area contributed by atoms with Crippen molar-refractivity contribution in [2.24, 2.45) is 5.73 Å². The van der Waals surface area contributed by atoms with Crippen LogP contribution in [0, 0.1) is 0 Å². The van der Waals surface area contributed by atoms with E-state index in [1.807, 2.05) is 79.0 Å². The molecule has 0 saturated heterocycles. The molecular formula is C31H26N4O2. The molecule has 0 aliphatic carbocycles. The minimum Gasteiger partial charge on any atom is -0.490 e. The molecular weight excluding hydrogens is 460 g/mol. The van der Waals surface area contributed by atoms with E-state index >= 15 is 0 Å². The molecule has 6 rings (SSSR count). The van der Waals surface area contributed by atoms with Gasteiger partial charge in [-0.3, -0.25) is 9.78 Å². The Morgan fingerprint density at radius 2 is 1.78 bits per heavy atom. The van der Waals surface area contributed by atoms with Crippen LogP contribution in [0.3, 0.4) is 0 Å². The highest BCUT2D eigenvalue weighted by atomic mass is 16.5. The third-order valence-corrected chi connectivity index (χ3v) is 6.58. The first-order valence-corrected chi connectivity index (χ1v) is 12.3. The van der Waals surface area contributed by atoms with Crippen molar-refractivity contribution in [1.29, 1.82) is 0 Å². The third-order valence-electron chi connectivity index (χ3n) is 6.58. The maximum atomic E-state index is 12.6. The molecule has 1 aliphatic rings. The smallest absolute Gasteiger partial charge is 0.256 e. The van der Waals surface area contributed by atoms with Crippen molar-refractivity contribution in [3.8, 4) is 16.9 Å². The van der Waals surface area contributed by atoms with Crippen molar-refractivity contribution in [2.75, 3.05) is 11.9 Å². The quantitative estimate of drug-likeness (QED) is 0.258. The number of nitrogens with two attached hydrogens (primary N) is 1. The molecule has 5 aromatic rings. The summed E-state index contributed by atoms with van der Waals surface area (Å²) in [5.41, 5.74) is 13.9. The van der Waals surface area contributed by atoms with Gasteiger partial charge in [-0.25, -0.2) is 0 Å². The van der Waals surface area contributed by atoms with Gasteiger partial charge >= 0.3 is 0 Å². The SMILES string of the molecule is N[C@@H](COc1cncc(-c2ccc3c(c2)C(=Cc2ccccc2)C(=O)N3)c1)Cc1c[nH]c2ccccc12. The average molecular weight is 487 g/mol. The molecule has 0 unspecified atom stereocenters. The Kier molecular flexibility index (Phi) is 6.00. The Labute approximate surface area is 214 Å². The van der Waals surface area contributed by atoms with E-state index in [0.717, 1.165) is 33.5 Å². The van der Waals surface area contributed by atoms with Crippen LogP contribution >= 0.6 is 0 Å². The topological polar surface area (TPSA) is 93.0 Å². The van der Waals surface area contributed by atoms with Crippen molar-refractivity contribution in [2.45, 2.75) is 12.5 Å². The highest BCUT2D eigenvalue weighted by molar-refractivity contribution is 6.35. The fourth-order valence-corrected chi connectivity index (χ4v) is 4.73. The van der Waals surface area contributed by atoms with Gasteiger partial charge in [-0.2, -0.15) is 0 Å². The summed E-state index contributed by atoms with van der Waals surface area (Å²) >= 11 is 0. The van der Waals surface area contributed by atoms with E-state index in [0.29, 0.717) is 24.4 Å². The predicted octanol–water partition coefficient (Wildman–Crippen LogP) is 5.67. The van der Waals surface area contributed by atoms with Crippen LogP contribution in [0.15, 0.2) is 97.5 Å². The molecule has 0 radical (unpaired) electrons. The summed E-state index contributed by atoms with van der Waals surface area (Å²) in [5, 5.41) is 4.14. The van der Waals surface area contributed by atoms with Gasteiger partial charge < -0.3 is 20.8 Å². The van der Waals surface area contributed by atoms with Crippen LogP contribution in [0.4, 0.5) is 5.69 Å². The Hall–Kier alpha value is -4.68. The minimum absolute atomic E-state index is 0.101. The van der Waals surface area contributed by atoms with Gasteiger partial charge in [-0.15, -0.1) is 0 Å². The molecule has 3 heterocycles. The molecule has 1 aliphatic heterocycles. The third kappa shape index (κ3) is 4.75. The molecule has 6 heteroatoms. The van der Waals surface area contributed by atoms with Crippen molar-refractivity contribution in [1.82, 2.24) is 9.97 Å². The fraction of sp³-hybridized carbons (Fsp3) is 0.0968. The fourth-order valence-electron chi connectivity index (χ4n) is 4.73. The van der Waals surface area contributed by atoms with Gasteiger partial charge in [-0.1, -0.05) is 54.6 Å². The van der Waals surface area contributed by atoms with Crippen LogP contribution < -0.4 is 15.8 Å². The number of nitrogens with one attached hydrogen (secondary N) is 2. The van der Waals surface area contributed by atoms with Gasteiger partial charge in [0.05, 0.1) is 6.20 Å². The zero-order valence-corrected chi connectivity index (χ0v) is 20.1. The molecule has 3 aromatic carbocycles. The molecule has 37 heavy (non-hydrogen) atoms. The van der Waals surface area contributed by atoms with Crippen molar-refractivity contribution < 1.29 is 9.53 Å². The summed E-state index contributed by atoms with van der Waals surface area (Å²) < 4.78 is 6.03. The molecule has 182 valence electrons. The Morgan fingerprint density at radius 3 is 2.68 bits per heavy atom. The summed E-state index contributed by atoms with van der Waals surface area (Å²) in [6.07, 6.45) is 8.13. The normalized spacial score (nSPS) is 14.5. The second-order valence-corrected chi connectivity index (χ2v) is 9.23. The molecule has 0 bridgehead atoms. The minimum atomic E-state index is -0.161. The summed E-state index contributed by atoms with van der Waals surface area (Å²) in [5.74, 6) is 0.553. The van der Waals surface area contributed by atoms with E-state index < -0.39 is 0 Å². The van der Waals surface area contributed by atoms with Crippen LogP contribution in [0.5, 0.6) is 5.75 Å². The summed E-state index contributed by atoms with van der Waals surface area (Å²) in [7, 11) is 0. The maximum absolute atomic E-state index is 12.6. The predicted molar refractivity (Wildman–Crippen MR) is 148 cm³/mol. The standard InChI is InChI=1S/C31H26N4O2/c32-24(13-23-17-34-29-9-5-4-8-26(23)29)19-37-25-14-22(16-33-18-25)21-10-11-30-27(15-21)28(31(36)35-30)12-20-6-2-1-3-7-20/h1-12,14-18,24,34H,13,19,32H2,(H,35,36)/t24-/m1/s1. The number of carbonyl (C=O) groups is 1. The maximum Gasteiger partial charge on any atom is 0.256 e. The first-order valence-electron chi connectivity index (χ1n) is 12.3. The van der Waals surface area contributed by atoms with Gasteiger partial charge in [0.1, 0.15) is 12.4 Å². The molecule has 0 saturated carbocycles. The first kappa shape index (κ1) is 22.8. The van der Waals surface area contributed by atoms with Crippen LogP contribution in [0.25, 0.3) is 33.7 Å². The Bertz CT molecular complexity index is 1620. The number of benzene rings is 3. The van der Waals surface area contributed by atoms with Crippen molar-refractivity contribution in [3.05, 3.63) is 114 Å². The number of ether oxygens (including phenoxy) is 1. The number of para-hydroxylation sites is 1. The summed E-state index contributed by atoms with van der Waals surface area (Å²) in [6, 6.07) is 25.8. The van der Waals surface area contributed by atoms with Gasteiger partial charge in [0.2, 0.25) is 0 Å². The zero-order chi connectivity index (χ0) is 25.2. The lowest BCUT2D eigenvalue weighted by Crippen LogP contribution is -2.30. The number of H-pyrrole nitrogens is 1. The van der Waals surface area contributed by atoms with E-state index in [-0.39, 0.29) is 11.9 Å². The van der Waals surface area contributed by atoms with Crippen LogP contribution in [0.1, 0.15) is 16.7 Å². The van der Waals surface area contributed by atoms with Gasteiger partial charge in [-0.05, 0) is 53.5 Å². The molecule has 0 fully saturated rings. The number of fused-ring (bicyclic) bond motifs is 2. The number of aromatic amines is 1. The number of amides is 1. The second-order valence-electron chi connectivity index (χ2n) is 9.23. The monoisotopic (exact) mass is 486 g/mol. The average Bonchev–Trinajstić information content (AvgIpc) is 3.48. The lowest BCUT2D eigenvalue weighted by Gasteiger charge is -2.13. The van der Waals surface area contributed by atoms with Crippen LogP contribution in [-0.4, -0.2) is 28.5 Å². The van der Waals surface area contributed by atoms with Crippen molar-refractivity contribution in [3.63, 3.8) is 0 Å². The summed E-state index contributed by atoms with van der Waals surface area (Å²) in [4.78, 5) is 20.3. The lowest BCUT2D eigenvalue weighted by molar-refractivity contribution is -0.110. The number of anilines is 1. The van der Waals surface area contributed by atoms with Crippen LogP contribution in [-0.2, 0) is 11.2 Å². The van der Waals surface area contributed by atoms with E-state index in [9.17, 15) is 4.79 Å². The number of aromatic nitrogens is 2. The number of hydrogen-bond acceptors (Lipinski definition) is 4. The first-order chi connectivity index (χ1) is 18.1. The van der Waals surface area contributed by atoms with E-state index in [2.05, 4.69) is 27.4 Å². The number of pyridine rings is 1. The van der Waals surface area contributed by atoms with Crippen LogP contribution in [0.2, 0.25) is 0 Å². The molecule has 0 spiro atoms. The number of nitrogens with zero attached hydrogens (tertiary/aromatic N) is 1. The molecule has 4 N–H and O–H groups in total. The van der Waals surface area contributed by atoms with Crippen molar-refractivity contribution >= 4 is 34.1 Å². The number of carbonyl (C=O) groups excluding carboxylic acids is 1. The largest absolute Gasteiger partial charge is 0.490 e.